The lowest BCUT2D eigenvalue weighted by Gasteiger charge is -2.20. The van der Waals surface area contributed by atoms with Crippen molar-refractivity contribution in [1.82, 2.24) is 13.9 Å². The number of hydrogen-bond acceptors (Lipinski definition) is 6. The molecule has 1 aliphatic heterocycles. The van der Waals surface area contributed by atoms with Crippen LogP contribution in [-0.2, 0) is 10.0 Å². The molecule has 3 rings (SSSR count). The third-order valence-corrected chi connectivity index (χ3v) is 6.33. The van der Waals surface area contributed by atoms with E-state index in [1.165, 1.54) is 12.1 Å². The van der Waals surface area contributed by atoms with Crippen molar-refractivity contribution in [2.75, 3.05) is 18.4 Å². The van der Waals surface area contributed by atoms with E-state index in [4.69, 9.17) is 0 Å². The largest absolute Gasteiger partial charge is 0.321 e. The van der Waals surface area contributed by atoms with Crippen molar-refractivity contribution in [1.29, 1.82) is 0 Å². The molecule has 1 aromatic carbocycles. The van der Waals surface area contributed by atoms with Crippen LogP contribution in [0.5, 0.6) is 0 Å². The van der Waals surface area contributed by atoms with Gasteiger partial charge in [-0.3, -0.25) is 4.79 Å². The average Bonchev–Trinajstić information content (AvgIpc) is 2.97. The lowest BCUT2D eigenvalue weighted by Crippen LogP contribution is -2.31. The van der Waals surface area contributed by atoms with Gasteiger partial charge in [0.25, 0.3) is 5.91 Å². The third-order valence-electron chi connectivity index (χ3n) is 3.91. The highest BCUT2D eigenvalue weighted by atomic mass is 32.2. The fourth-order valence-electron chi connectivity index (χ4n) is 2.60. The van der Waals surface area contributed by atoms with Crippen LogP contribution in [-0.4, -0.2) is 41.3 Å². The molecule has 128 valence electrons. The molecule has 2 aromatic rings. The Hall–Kier alpha value is -1.84. The molecule has 1 N–H and O–H groups in total. The third kappa shape index (κ3) is 3.80. The summed E-state index contributed by atoms with van der Waals surface area (Å²) in [6, 6.07) is 6.22. The molecule has 0 aliphatic carbocycles. The molecule has 24 heavy (non-hydrogen) atoms. The van der Waals surface area contributed by atoms with E-state index in [0.717, 1.165) is 37.2 Å². The quantitative estimate of drug-likeness (QED) is 0.897. The SMILES string of the molecule is O=C(Nc1ccc(S(=O)(=O)N2CCCCCC2)cc1)c1csnn1. The highest BCUT2D eigenvalue weighted by Crippen LogP contribution is 2.22. The number of benzene rings is 1. The molecular weight excluding hydrogens is 348 g/mol. The normalized spacial score (nSPS) is 16.5. The van der Waals surface area contributed by atoms with Gasteiger partial charge in [-0.2, -0.15) is 4.31 Å². The maximum absolute atomic E-state index is 12.7. The molecule has 7 nitrogen and oxygen atoms in total. The van der Waals surface area contributed by atoms with Gasteiger partial charge in [0.2, 0.25) is 10.0 Å². The topological polar surface area (TPSA) is 92.3 Å². The zero-order chi connectivity index (χ0) is 17.0. The Morgan fingerprint density at radius 2 is 1.75 bits per heavy atom. The molecule has 0 atom stereocenters. The molecule has 9 heteroatoms. The Labute approximate surface area is 144 Å². The Kier molecular flexibility index (Phi) is 5.22. The van der Waals surface area contributed by atoms with Crippen LogP contribution in [0.15, 0.2) is 34.5 Å². The van der Waals surface area contributed by atoms with Gasteiger partial charge in [0.1, 0.15) is 0 Å². The number of carbonyl (C=O) groups is 1. The Balaban J connectivity index is 1.72. The summed E-state index contributed by atoms with van der Waals surface area (Å²) >= 11 is 1.10. The Morgan fingerprint density at radius 3 is 2.33 bits per heavy atom. The van der Waals surface area contributed by atoms with Gasteiger partial charge in [-0.05, 0) is 48.6 Å². The minimum atomic E-state index is -3.47. The first-order valence-electron chi connectivity index (χ1n) is 7.76. The van der Waals surface area contributed by atoms with Crippen molar-refractivity contribution in [2.45, 2.75) is 30.6 Å². The van der Waals surface area contributed by atoms with Gasteiger partial charge in [-0.25, -0.2) is 8.42 Å². The van der Waals surface area contributed by atoms with Gasteiger partial charge >= 0.3 is 0 Å². The summed E-state index contributed by atoms with van der Waals surface area (Å²) in [4.78, 5) is 12.2. The number of nitrogens with zero attached hydrogens (tertiary/aromatic N) is 3. The van der Waals surface area contributed by atoms with E-state index < -0.39 is 10.0 Å². The standard InChI is InChI=1S/C15H18N4O3S2/c20-15(14-11-23-18-17-14)16-12-5-7-13(8-6-12)24(21,22)19-9-3-1-2-4-10-19/h5-8,11H,1-4,9-10H2,(H,16,20). The summed E-state index contributed by atoms with van der Waals surface area (Å²) in [5, 5.41) is 7.91. The summed E-state index contributed by atoms with van der Waals surface area (Å²) in [6.45, 7) is 1.13. The number of sulfonamides is 1. The smallest absolute Gasteiger partial charge is 0.277 e. The van der Waals surface area contributed by atoms with Gasteiger partial charge < -0.3 is 5.32 Å². The second kappa shape index (κ2) is 7.37. The highest BCUT2D eigenvalue weighted by molar-refractivity contribution is 7.89. The summed E-state index contributed by atoms with van der Waals surface area (Å²) < 4.78 is 30.6. The van der Waals surface area contributed by atoms with Crippen molar-refractivity contribution < 1.29 is 13.2 Å². The van der Waals surface area contributed by atoms with Crippen molar-refractivity contribution in [3.8, 4) is 0 Å². The lowest BCUT2D eigenvalue weighted by atomic mass is 10.2. The number of rotatable bonds is 4. The number of anilines is 1. The van der Waals surface area contributed by atoms with Crippen LogP contribution < -0.4 is 5.32 Å². The van der Waals surface area contributed by atoms with Crippen molar-refractivity contribution >= 4 is 33.2 Å². The molecule has 1 aliphatic rings. The summed E-state index contributed by atoms with van der Waals surface area (Å²) in [5.41, 5.74) is 0.754. The van der Waals surface area contributed by atoms with Gasteiger partial charge in [0, 0.05) is 24.2 Å². The van der Waals surface area contributed by atoms with Crippen LogP contribution in [0, 0.1) is 0 Å². The second-order valence-corrected chi connectivity index (χ2v) is 8.13. The fourth-order valence-corrected chi connectivity index (χ4v) is 4.55. The first kappa shape index (κ1) is 17.0. The summed E-state index contributed by atoms with van der Waals surface area (Å²) in [6.07, 6.45) is 3.94. The summed E-state index contributed by atoms with van der Waals surface area (Å²) in [5.74, 6) is -0.369. The highest BCUT2D eigenvalue weighted by Gasteiger charge is 2.25. The van der Waals surface area contributed by atoms with E-state index >= 15 is 0 Å². The van der Waals surface area contributed by atoms with E-state index in [1.54, 1.807) is 21.8 Å². The van der Waals surface area contributed by atoms with Crippen LogP contribution >= 0.6 is 11.5 Å². The van der Waals surface area contributed by atoms with E-state index in [0.29, 0.717) is 18.8 Å². The van der Waals surface area contributed by atoms with Crippen molar-refractivity contribution in [2.24, 2.45) is 0 Å². The fraction of sp³-hybridized carbons (Fsp3) is 0.400. The molecule has 1 saturated heterocycles. The molecule has 1 amide bonds. The molecule has 1 fully saturated rings. The number of amides is 1. The molecule has 0 saturated carbocycles. The molecule has 0 unspecified atom stereocenters. The zero-order valence-corrected chi connectivity index (χ0v) is 14.6. The predicted molar refractivity (Wildman–Crippen MR) is 91.5 cm³/mol. The van der Waals surface area contributed by atoms with Crippen LogP contribution in [0.4, 0.5) is 5.69 Å². The monoisotopic (exact) mass is 366 g/mol. The molecule has 0 bridgehead atoms. The maximum Gasteiger partial charge on any atom is 0.277 e. The molecule has 0 spiro atoms. The molecule has 0 radical (unpaired) electrons. The second-order valence-electron chi connectivity index (χ2n) is 5.59. The van der Waals surface area contributed by atoms with E-state index in [-0.39, 0.29) is 16.5 Å². The van der Waals surface area contributed by atoms with Gasteiger partial charge in [0.05, 0.1) is 4.90 Å². The first-order chi connectivity index (χ1) is 11.6. The van der Waals surface area contributed by atoms with E-state index in [1.807, 2.05) is 0 Å². The number of aromatic nitrogens is 2. The lowest BCUT2D eigenvalue weighted by molar-refractivity contribution is 0.102. The van der Waals surface area contributed by atoms with Crippen molar-refractivity contribution in [3.05, 3.63) is 35.3 Å². The van der Waals surface area contributed by atoms with E-state index in [2.05, 4.69) is 14.9 Å². The van der Waals surface area contributed by atoms with Crippen LogP contribution in [0.1, 0.15) is 36.2 Å². The maximum atomic E-state index is 12.7. The molecule has 1 aromatic heterocycles. The van der Waals surface area contributed by atoms with Crippen molar-refractivity contribution in [3.63, 3.8) is 0 Å². The Morgan fingerprint density at radius 1 is 1.08 bits per heavy atom. The van der Waals surface area contributed by atoms with Crippen LogP contribution in [0.2, 0.25) is 0 Å². The predicted octanol–water partition coefficient (Wildman–Crippen LogP) is 2.36. The average molecular weight is 366 g/mol. The van der Waals surface area contributed by atoms with Crippen LogP contribution in [0.25, 0.3) is 0 Å². The minimum Gasteiger partial charge on any atom is -0.321 e. The van der Waals surface area contributed by atoms with Gasteiger partial charge in [-0.1, -0.05) is 17.3 Å². The number of nitrogens with one attached hydrogen (secondary N) is 1. The number of hydrogen-bond donors (Lipinski definition) is 1. The summed E-state index contributed by atoms with van der Waals surface area (Å²) in [7, 11) is -3.47. The zero-order valence-electron chi connectivity index (χ0n) is 13.0. The molecular formula is C15H18N4O3S2. The Bertz CT molecular complexity index is 781. The molecule has 2 heterocycles. The van der Waals surface area contributed by atoms with Gasteiger partial charge in [-0.15, -0.1) is 5.10 Å². The van der Waals surface area contributed by atoms with E-state index in [9.17, 15) is 13.2 Å². The minimum absolute atomic E-state index is 0.237. The van der Waals surface area contributed by atoms with Gasteiger partial charge in [0.15, 0.2) is 5.69 Å². The first-order valence-corrected chi connectivity index (χ1v) is 10.0. The van der Waals surface area contributed by atoms with Crippen LogP contribution in [0.3, 0.4) is 0 Å². The number of carbonyl (C=O) groups excluding carboxylic acids is 1.